The number of nitrogens with zero attached hydrogens (tertiary/aromatic N) is 1. The standard InChI is InChI=1S/C30H32N/c1-19-12-15-27(31(7)18-19)23-13-14-24-25-16-21-10-8-9-11-22(21)17-26(25)29(3,4)30(5,6)28(24)20(23)2/h8-18H,1-7H3/q+1. The van der Waals surface area contributed by atoms with E-state index < -0.39 is 0 Å². The number of aromatic nitrogens is 1. The second kappa shape index (κ2) is 6.53. The molecule has 0 spiro atoms. The molecule has 0 bridgehead atoms. The average Bonchev–Trinajstić information content (AvgIpc) is 2.72. The summed E-state index contributed by atoms with van der Waals surface area (Å²) in [7, 11) is 2.15. The Morgan fingerprint density at radius 3 is 2.00 bits per heavy atom. The highest BCUT2D eigenvalue weighted by atomic mass is 14.9. The molecule has 0 saturated carbocycles. The molecule has 0 amide bonds. The summed E-state index contributed by atoms with van der Waals surface area (Å²) in [5, 5.41) is 2.64. The van der Waals surface area contributed by atoms with Crippen LogP contribution in [0.5, 0.6) is 0 Å². The Kier molecular flexibility index (Phi) is 4.21. The van der Waals surface area contributed by atoms with Gasteiger partial charge in [-0.05, 0) is 87.5 Å². The first-order valence-electron chi connectivity index (χ1n) is 11.3. The van der Waals surface area contributed by atoms with Crippen molar-refractivity contribution in [3.8, 4) is 22.4 Å². The Labute approximate surface area is 186 Å². The molecule has 31 heavy (non-hydrogen) atoms. The van der Waals surface area contributed by atoms with Gasteiger partial charge in [-0.2, -0.15) is 0 Å². The molecule has 1 aliphatic carbocycles. The van der Waals surface area contributed by atoms with E-state index in [1.54, 1.807) is 0 Å². The molecule has 5 rings (SSSR count). The van der Waals surface area contributed by atoms with Crippen molar-refractivity contribution in [2.45, 2.75) is 52.4 Å². The van der Waals surface area contributed by atoms with Gasteiger partial charge in [0.05, 0.1) is 0 Å². The zero-order valence-corrected chi connectivity index (χ0v) is 19.8. The highest BCUT2D eigenvalue weighted by molar-refractivity contribution is 5.93. The molecule has 156 valence electrons. The molecule has 3 aromatic carbocycles. The minimum atomic E-state index is 0.00114. The van der Waals surface area contributed by atoms with Crippen LogP contribution in [0.4, 0.5) is 0 Å². The summed E-state index contributed by atoms with van der Waals surface area (Å²) in [6, 6.07) is 22.7. The van der Waals surface area contributed by atoms with E-state index >= 15 is 0 Å². The molecule has 4 aromatic rings. The molecule has 1 aromatic heterocycles. The molecule has 0 unspecified atom stereocenters. The molecule has 0 fully saturated rings. The van der Waals surface area contributed by atoms with E-state index in [2.05, 4.69) is 120 Å². The van der Waals surface area contributed by atoms with Gasteiger partial charge in [0.15, 0.2) is 6.20 Å². The lowest BCUT2D eigenvalue weighted by molar-refractivity contribution is -0.660. The predicted molar refractivity (Wildman–Crippen MR) is 132 cm³/mol. The van der Waals surface area contributed by atoms with Gasteiger partial charge in [-0.1, -0.05) is 58.0 Å². The number of hydrogen-bond acceptors (Lipinski definition) is 0. The van der Waals surface area contributed by atoms with Crippen LogP contribution < -0.4 is 4.57 Å². The van der Waals surface area contributed by atoms with Crippen molar-refractivity contribution in [3.05, 3.63) is 89.1 Å². The number of aryl methyl sites for hydroxylation is 2. The van der Waals surface area contributed by atoms with Crippen LogP contribution >= 0.6 is 0 Å². The number of fused-ring (bicyclic) bond motifs is 4. The summed E-state index contributed by atoms with van der Waals surface area (Å²) in [5.74, 6) is 0. The van der Waals surface area contributed by atoms with Crippen LogP contribution in [0.25, 0.3) is 33.2 Å². The van der Waals surface area contributed by atoms with Crippen molar-refractivity contribution in [1.29, 1.82) is 0 Å². The number of pyridine rings is 1. The average molecular weight is 407 g/mol. The van der Waals surface area contributed by atoms with E-state index in [0.29, 0.717) is 0 Å². The first-order valence-corrected chi connectivity index (χ1v) is 11.3. The van der Waals surface area contributed by atoms with Gasteiger partial charge >= 0.3 is 0 Å². The van der Waals surface area contributed by atoms with Crippen LogP contribution in [0.1, 0.15) is 49.9 Å². The third-order valence-electron chi connectivity index (χ3n) is 8.06. The SMILES string of the molecule is Cc1ccc(-c2ccc3c(c2C)C(C)(C)C(C)(C)c2cc4ccccc4cc2-3)[n+](C)c1. The van der Waals surface area contributed by atoms with Gasteiger partial charge in [0.25, 0.3) is 0 Å². The maximum atomic E-state index is 2.43. The first-order chi connectivity index (χ1) is 14.6. The fraction of sp³-hybridized carbons (Fsp3) is 0.300. The summed E-state index contributed by atoms with van der Waals surface area (Å²) in [6.07, 6.45) is 2.21. The van der Waals surface area contributed by atoms with E-state index in [9.17, 15) is 0 Å². The highest BCUT2D eigenvalue weighted by Gasteiger charge is 2.47. The smallest absolute Gasteiger partial charge is 0.201 e. The van der Waals surface area contributed by atoms with Crippen molar-refractivity contribution < 1.29 is 4.57 Å². The Morgan fingerprint density at radius 2 is 1.32 bits per heavy atom. The lowest BCUT2D eigenvalue weighted by atomic mass is 9.54. The monoisotopic (exact) mass is 406 g/mol. The number of rotatable bonds is 1. The van der Waals surface area contributed by atoms with Crippen LogP contribution in [-0.4, -0.2) is 0 Å². The third-order valence-corrected chi connectivity index (χ3v) is 8.06. The first kappa shape index (κ1) is 20.0. The molecule has 0 aliphatic heterocycles. The predicted octanol–water partition coefficient (Wildman–Crippen LogP) is 7.18. The highest BCUT2D eigenvalue weighted by Crippen LogP contribution is 2.56. The molecule has 1 heteroatoms. The van der Waals surface area contributed by atoms with E-state index in [4.69, 9.17) is 0 Å². The van der Waals surface area contributed by atoms with Crippen molar-refractivity contribution >= 4 is 10.8 Å². The fourth-order valence-electron chi connectivity index (χ4n) is 5.67. The summed E-state index contributed by atoms with van der Waals surface area (Å²) in [6.45, 7) is 14.2. The van der Waals surface area contributed by atoms with Gasteiger partial charge in [0, 0.05) is 17.2 Å². The summed E-state index contributed by atoms with van der Waals surface area (Å²) >= 11 is 0. The minimum Gasteiger partial charge on any atom is -0.201 e. The van der Waals surface area contributed by atoms with E-state index in [1.807, 2.05) is 0 Å². The maximum Gasteiger partial charge on any atom is 0.212 e. The lowest BCUT2D eigenvalue weighted by Gasteiger charge is -2.49. The fourth-order valence-corrected chi connectivity index (χ4v) is 5.67. The van der Waals surface area contributed by atoms with Crippen LogP contribution in [0.15, 0.2) is 66.9 Å². The number of hydrogen-bond donors (Lipinski definition) is 0. The summed E-state index contributed by atoms with van der Waals surface area (Å²) in [5.41, 5.74) is 11.0. The molecule has 0 radical (unpaired) electrons. The molecular formula is C30H32N+. The van der Waals surface area contributed by atoms with Crippen LogP contribution in [0.3, 0.4) is 0 Å². The Hall–Kier alpha value is -2.93. The second-order valence-corrected chi connectivity index (χ2v) is 10.4. The Balaban J connectivity index is 1.85. The van der Waals surface area contributed by atoms with Gasteiger partial charge < -0.3 is 0 Å². The van der Waals surface area contributed by atoms with Crippen molar-refractivity contribution in [3.63, 3.8) is 0 Å². The molecule has 1 aliphatic rings. The molecular weight excluding hydrogens is 374 g/mol. The summed E-state index contributed by atoms with van der Waals surface area (Å²) in [4.78, 5) is 0. The third kappa shape index (κ3) is 2.72. The normalized spacial score (nSPS) is 16.1. The van der Waals surface area contributed by atoms with E-state index in [-0.39, 0.29) is 10.8 Å². The van der Waals surface area contributed by atoms with Crippen LogP contribution in [-0.2, 0) is 17.9 Å². The van der Waals surface area contributed by atoms with Gasteiger partial charge in [-0.15, -0.1) is 0 Å². The largest absolute Gasteiger partial charge is 0.212 e. The summed E-state index contributed by atoms with van der Waals surface area (Å²) < 4.78 is 2.26. The second-order valence-electron chi connectivity index (χ2n) is 10.4. The van der Waals surface area contributed by atoms with Crippen LogP contribution in [0.2, 0.25) is 0 Å². The van der Waals surface area contributed by atoms with Gasteiger partial charge in [0.2, 0.25) is 5.69 Å². The molecule has 0 N–H and O–H groups in total. The molecule has 0 saturated heterocycles. The lowest BCUT2D eigenvalue weighted by Crippen LogP contribution is -2.44. The van der Waals surface area contributed by atoms with Gasteiger partial charge in [0.1, 0.15) is 7.05 Å². The van der Waals surface area contributed by atoms with Gasteiger partial charge in [-0.3, -0.25) is 0 Å². The Morgan fingerprint density at radius 1 is 0.677 bits per heavy atom. The van der Waals surface area contributed by atoms with Crippen molar-refractivity contribution in [2.75, 3.05) is 0 Å². The Bertz CT molecular complexity index is 1350. The quantitative estimate of drug-likeness (QED) is 0.295. The van der Waals surface area contributed by atoms with E-state index in [0.717, 1.165) is 0 Å². The van der Waals surface area contributed by atoms with Crippen LogP contribution in [0, 0.1) is 13.8 Å². The van der Waals surface area contributed by atoms with Crippen molar-refractivity contribution in [2.24, 2.45) is 7.05 Å². The zero-order chi connectivity index (χ0) is 22.1. The molecule has 1 nitrogen and oxygen atoms in total. The molecule has 1 heterocycles. The zero-order valence-electron chi connectivity index (χ0n) is 19.8. The topological polar surface area (TPSA) is 3.88 Å². The maximum absolute atomic E-state index is 2.43. The number of benzene rings is 3. The van der Waals surface area contributed by atoms with Crippen molar-refractivity contribution in [1.82, 2.24) is 0 Å². The minimum absolute atomic E-state index is 0.00114. The van der Waals surface area contributed by atoms with Gasteiger partial charge in [-0.25, -0.2) is 4.57 Å². The molecule has 0 atom stereocenters. The van der Waals surface area contributed by atoms with E-state index in [1.165, 1.54) is 55.4 Å².